The van der Waals surface area contributed by atoms with Crippen LogP contribution in [0.2, 0.25) is 0 Å². The molecule has 108 valence electrons. The van der Waals surface area contributed by atoms with E-state index in [1.165, 1.54) is 5.56 Å². The van der Waals surface area contributed by atoms with Crippen LogP contribution in [0, 0.1) is 6.92 Å². The van der Waals surface area contributed by atoms with Crippen LogP contribution in [-0.4, -0.2) is 33.3 Å². The third-order valence-electron chi connectivity index (χ3n) is 2.92. The highest BCUT2D eigenvalue weighted by Crippen LogP contribution is 2.09. The van der Waals surface area contributed by atoms with Gasteiger partial charge in [-0.25, -0.2) is 4.98 Å². The first-order valence-electron chi connectivity index (χ1n) is 6.98. The zero-order chi connectivity index (χ0) is 14.2. The van der Waals surface area contributed by atoms with E-state index in [0.29, 0.717) is 18.4 Å². The lowest BCUT2D eigenvalue weighted by Gasteiger charge is -2.07. The smallest absolute Gasteiger partial charge is 0.225 e. The molecule has 0 radical (unpaired) electrons. The predicted molar refractivity (Wildman–Crippen MR) is 78.0 cm³/mol. The van der Waals surface area contributed by atoms with E-state index in [-0.39, 0.29) is 0 Å². The summed E-state index contributed by atoms with van der Waals surface area (Å²) < 4.78 is 5.47. The highest BCUT2D eigenvalue weighted by Gasteiger charge is 2.02. The lowest BCUT2D eigenvalue weighted by molar-refractivity contribution is 0.305. The van der Waals surface area contributed by atoms with Crippen molar-refractivity contribution < 1.29 is 4.74 Å². The van der Waals surface area contributed by atoms with E-state index in [1.807, 2.05) is 13.1 Å². The molecule has 2 aromatic heterocycles. The zero-order valence-corrected chi connectivity index (χ0v) is 12.0. The monoisotopic (exact) mass is 275 g/mol. The molecule has 0 aromatic carbocycles. The van der Waals surface area contributed by atoms with Crippen molar-refractivity contribution in [1.29, 1.82) is 0 Å². The first-order valence-corrected chi connectivity index (χ1v) is 6.98. The molecular weight excluding hydrogens is 254 g/mol. The standard InChI is InChI=1S/C14H21N5O/c1-3-9-20-13-6-8-16-14(18-13)15-7-4-5-12-10-17-19-11(12)2/h6,8,10H,3-5,7,9H2,1-2H3,(H,17,19)(H,15,16,18). The van der Waals surface area contributed by atoms with Crippen molar-refractivity contribution in [3.63, 3.8) is 0 Å². The molecule has 0 aliphatic carbocycles. The fourth-order valence-corrected chi connectivity index (χ4v) is 1.82. The largest absolute Gasteiger partial charge is 0.478 e. The molecule has 0 atom stereocenters. The van der Waals surface area contributed by atoms with Crippen LogP contribution in [-0.2, 0) is 6.42 Å². The van der Waals surface area contributed by atoms with Crippen LogP contribution in [0.4, 0.5) is 5.95 Å². The van der Waals surface area contributed by atoms with Crippen molar-refractivity contribution in [2.45, 2.75) is 33.1 Å². The number of hydrogen-bond acceptors (Lipinski definition) is 5. The molecule has 20 heavy (non-hydrogen) atoms. The van der Waals surface area contributed by atoms with Gasteiger partial charge in [0.2, 0.25) is 11.8 Å². The van der Waals surface area contributed by atoms with Gasteiger partial charge in [-0.1, -0.05) is 6.92 Å². The molecule has 0 amide bonds. The average molecular weight is 275 g/mol. The van der Waals surface area contributed by atoms with Crippen LogP contribution in [0.15, 0.2) is 18.5 Å². The fourth-order valence-electron chi connectivity index (χ4n) is 1.82. The van der Waals surface area contributed by atoms with E-state index < -0.39 is 0 Å². The SMILES string of the molecule is CCCOc1ccnc(NCCCc2cn[nH]c2C)n1. The molecule has 0 unspecified atom stereocenters. The van der Waals surface area contributed by atoms with E-state index in [4.69, 9.17) is 4.74 Å². The topological polar surface area (TPSA) is 75.7 Å². The first kappa shape index (κ1) is 14.3. The van der Waals surface area contributed by atoms with Crippen LogP contribution < -0.4 is 10.1 Å². The third-order valence-corrected chi connectivity index (χ3v) is 2.92. The maximum atomic E-state index is 5.47. The van der Waals surface area contributed by atoms with E-state index >= 15 is 0 Å². The number of anilines is 1. The summed E-state index contributed by atoms with van der Waals surface area (Å²) in [6, 6.07) is 1.77. The van der Waals surface area contributed by atoms with E-state index in [1.54, 1.807) is 12.3 Å². The fraction of sp³-hybridized carbons (Fsp3) is 0.500. The third kappa shape index (κ3) is 4.22. The number of aromatic nitrogens is 4. The molecule has 2 rings (SSSR count). The minimum absolute atomic E-state index is 0.613. The molecule has 0 aliphatic rings. The molecule has 2 aromatic rings. The van der Waals surface area contributed by atoms with Crippen LogP contribution in [0.1, 0.15) is 31.0 Å². The number of nitrogens with one attached hydrogen (secondary N) is 2. The van der Waals surface area contributed by atoms with Gasteiger partial charge in [0.15, 0.2) is 0 Å². The summed E-state index contributed by atoms with van der Waals surface area (Å²) in [6.07, 6.45) is 6.55. The second-order valence-electron chi connectivity index (χ2n) is 4.62. The Bertz CT molecular complexity index is 526. The molecular formula is C14H21N5O. The number of hydrogen-bond donors (Lipinski definition) is 2. The molecule has 6 nitrogen and oxygen atoms in total. The summed E-state index contributed by atoms with van der Waals surface area (Å²) in [6.45, 7) is 5.60. The normalized spacial score (nSPS) is 10.5. The molecule has 0 bridgehead atoms. The van der Waals surface area contributed by atoms with Gasteiger partial charge in [-0.15, -0.1) is 0 Å². The second-order valence-corrected chi connectivity index (χ2v) is 4.62. The van der Waals surface area contributed by atoms with Gasteiger partial charge >= 0.3 is 0 Å². The first-order chi connectivity index (χ1) is 9.79. The Morgan fingerprint density at radius 1 is 1.40 bits per heavy atom. The summed E-state index contributed by atoms with van der Waals surface area (Å²) in [5.74, 6) is 1.23. The number of rotatable bonds is 8. The minimum atomic E-state index is 0.613. The van der Waals surface area contributed by atoms with Gasteiger partial charge in [0.25, 0.3) is 0 Å². The molecule has 0 aliphatic heterocycles. The quantitative estimate of drug-likeness (QED) is 0.723. The Labute approximate surface area is 119 Å². The van der Waals surface area contributed by atoms with Crippen molar-refractivity contribution in [3.8, 4) is 5.88 Å². The van der Waals surface area contributed by atoms with Crippen molar-refractivity contribution in [1.82, 2.24) is 20.2 Å². The predicted octanol–water partition coefficient (Wildman–Crippen LogP) is 2.34. The average Bonchev–Trinajstić information content (AvgIpc) is 2.87. The summed E-state index contributed by atoms with van der Waals surface area (Å²) >= 11 is 0. The molecule has 2 N–H and O–H groups in total. The minimum Gasteiger partial charge on any atom is -0.478 e. The number of aromatic amines is 1. The highest BCUT2D eigenvalue weighted by molar-refractivity contribution is 5.27. The van der Waals surface area contributed by atoms with Crippen molar-refractivity contribution in [2.24, 2.45) is 0 Å². The van der Waals surface area contributed by atoms with Crippen LogP contribution >= 0.6 is 0 Å². The molecule has 0 saturated carbocycles. The van der Waals surface area contributed by atoms with Gasteiger partial charge in [-0.2, -0.15) is 10.1 Å². The van der Waals surface area contributed by atoms with E-state index in [2.05, 4.69) is 32.4 Å². The maximum Gasteiger partial charge on any atom is 0.225 e. The molecule has 6 heteroatoms. The zero-order valence-electron chi connectivity index (χ0n) is 12.0. The molecule has 0 saturated heterocycles. The van der Waals surface area contributed by atoms with Gasteiger partial charge in [-0.3, -0.25) is 5.10 Å². The van der Waals surface area contributed by atoms with Crippen LogP contribution in [0.25, 0.3) is 0 Å². The molecule has 2 heterocycles. The van der Waals surface area contributed by atoms with E-state index in [0.717, 1.165) is 31.5 Å². The number of ether oxygens (including phenoxy) is 1. The van der Waals surface area contributed by atoms with Gasteiger partial charge in [0.05, 0.1) is 12.8 Å². The Morgan fingerprint density at radius 2 is 2.30 bits per heavy atom. The van der Waals surface area contributed by atoms with Crippen molar-refractivity contribution in [3.05, 3.63) is 29.7 Å². The van der Waals surface area contributed by atoms with Gasteiger partial charge in [-0.05, 0) is 31.7 Å². The Balaban J connectivity index is 1.75. The van der Waals surface area contributed by atoms with Crippen LogP contribution in [0.3, 0.4) is 0 Å². The summed E-state index contributed by atoms with van der Waals surface area (Å²) in [5, 5.41) is 10.2. The van der Waals surface area contributed by atoms with Crippen molar-refractivity contribution >= 4 is 5.95 Å². The van der Waals surface area contributed by atoms with Gasteiger partial charge in [0.1, 0.15) is 0 Å². The lowest BCUT2D eigenvalue weighted by atomic mass is 10.1. The maximum absolute atomic E-state index is 5.47. The summed E-state index contributed by atoms with van der Waals surface area (Å²) in [4.78, 5) is 8.48. The van der Waals surface area contributed by atoms with Crippen molar-refractivity contribution in [2.75, 3.05) is 18.5 Å². The van der Waals surface area contributed by atoms with Gasteiger partial charge in [0, 0.05) is 24.5 Å². The van der Waals surface area contributed by atoms with Gasteiger partial charge < -0.3 is 10.1 Å². The summed E-state index contributed by atoms with van der Waals surface area (Å²) in [7, 11) is 0. The number of H-pyrrole nitrogens is 1. The molecule has 0 spiro atoms. The molecule has 0 fully saturated rings. The number of nitrogens with zero attached hydrogens (tertiary/aromatic N) is 3. The second kappa shape index (κ2) is 7.47. The Kier molecular flexibility index (Phi) is 5.34. The van der Waals surface area contributed by atoms with E-state index in [9.17, 15) is 0 Å². The highest BCUT2D eigenvalue weighted by atomic mass is 16.5. The Hall–Kier alpha value is -2.11. The van der Waals surface area contributed by atoms with Crippen LogP contribution in [0.5, 0.6) is 5.88 Å². The Morgan fingerprint density at radius 3 is 3.05 bits per heavy atom. The number of aryl methyl sites for hydroxylation is 2. The summed E-state index contributed by atoms with van der Waals surface area (Å²) in [5.41, 5.74) is 2.39. The lowest BCUT2D eigenvalue weighted by Crippen LogP contribution is -2.07.